The van der Waals surface area contributed by atoms with Crippen LogP contribution in [0.1, 0.15) is 31.9 Å². The maximum atomic E-state index is 9.10. The van der Waals surface area contributed by atoms with Crippen LogP contribution in [-0.4, -0.2) is 24.1 Å². The fourth-order valence-corrected chi connectivity index (χ4v) is 1.68. The number of benzene rings is 1. The van der Waals surface area contributed by atoms with Gasteiger partial charge in [0.15, 0.2) is 0 Å². The summed E-state index contributed by atoms with van der Waals surface area (Å²) in [6.07, 6.45) is 0. The van der Waals surface area contributed by atoms with Crippen LogP contribution in [0.25, 0.3) is 0 Å². The van der Waals surface area contributed by atoms with E-state index in [4.69, 9.17) is 10.00 Å². The molecular weight excluding hydrogens is 224 g/mol. The third-order valence-electron chi connectivity index (χ3n) is 3.19. The molecule has 0 fully saturated rings. The summed E-state index contributed by atoms with van der Waals surface area (Å²) < 4.78 is 5.52. The van der Waals surface area contributed by atoms with Crippen molar-refractivity contribution in [2.75, 3.05) is 13.7 Å². The molecule has 0 amide bonds. The smallest absolute Gasteiger partial charge is 0.122 e. The molecule has 0 radical (unpaired) electrons. The minimum atomic E-state index is -0.452. The molecule has 18 heavy (non-hydrogen) atoms. The summed E-state index contributed by atoms with van der Waals surface area (Å²) in [5, 5.41) is 9.10. The van der Waals surface area contributed by atoms with Gasteiger partial charge in [-0.25, -0.2) is 0 Å². The van der Waals surface area contributed by atoms with E-state index in [2.05, 4.69) is 18.2 Å². The maximum absolute atomic E-state index is 9.10. The standard InChI is InChI=1S/C15H22N2O/c1-6-18-14-8-7-13(9-12(14)2)10-17(5)15(3,4)11-16/h7-9H,6,10H2,1-5H3. The molecule has 3 nitrogen and oxygen atoms in total. The minimum Gasteiger partial charge on any atom is -0.494 e. The van der Waals surface area contributed by atoms with Gasteiger partial charge in [0, 0.05) is 6.54 Å². The lowest BCUT2D eigenvalue weighted by Gasteiger charge is -2.29. The third kappa shape index (κ3) is 3.48. The van der Waals surface area contributed by atoms with E-state index in [1.165, 1.54) is 5.56 Å². The number of hydrogen-bond donors (Lipinski definition) is 0. The average molecular weight is 246 g/mol. The van der Waals surface area contributed by atoms with Crippen LogP contribution >= 0.6 is 0 Å². The highest BCUT2D eigenvalue weighted by Crippen LogP contribution is 2.21. The first-order valence-electron chi connectivity index (χ1n) is 6.25. The van der Waals surface area contributed by atoms with Gasteiger partial charge in [-0.1, -0.05) is 12.1 Å². The quantitative estimate of drug-likeness (QED) is 0.801. The number of aryl methyl sites for hydroxylation is 1. The normalized spacial score (nSPS) is 11.4. The molecule has 0 heterocycles. The molecule has 1 aromatic carbocycles. The van der Waals surface area contributed by atoms with Gasteiger partial charge in [0.05, 0.1) is 12.7 Å². The Balaban J connectivity index is 2.81. The summed E-state index contributed by atoms with van der Waals surface area (Å²) in [4.78, 5) is 2.04. The van der Waals surface area contributed by atoms with Gasteiger partial charge in [0.2, 0.25) is 0 Å². The van der Waals surface area contributed by atoms with Crippen LogP contribution in [0.2, 0.25) is 0 Å². The SMILES string of the molecule is CCOc1ccc(CN(C)C(C)(C)C#N)cc1C. The molecule has 0 unspecified atom stereocenters. The second-order valence-electron chi connectivity index (χ2n) is 5.06. The summed E-state index contributed by atoms with van der Waals surface area (Å²) in [5.41, 5.74) is 1.88. The molecule has 0 N–H and O–H groups in total. The van der Waals surface area contributed by atoms with Gasteiger partial charge in [-0.3, -0.25) is 4.90 Å². The van der Waals surface area contributed by atoms with Crippen molar-refractivity contribution in [1.29, 1.82) is 5.26 Å². The first kappa shape index (κ1) is 14.5. The summed E-state index contributed by atoms with van der Waals surface area (Å²) in [5.74, 6) is 0.934. The number of rotatable bonds is 5. The highest BCUT2D eigenvalue weighted by atomic mass is 16.5. The molecule has 1 aromatic rings. The van der Waals surface area contributed by atoms with E-state index in [-0.39, 0.29) is 0 Å². The molecule has 0 aliphatic heterocycles. The Labute approximate surface area is 110 Å². The number of hydrogen-bond acceptors (Lipinski definition) is 3. The van der Waals surface area contributed by atoms with Gasteiger partial charge >= 0.3 is 0 Å². The van der Waals surface area contributed by atoms with Crippen LogP contribution in [0.3, 0.4) is 0 Å². The van der Waals surface area contributed by atoms with Crippen molar-refractivity contribution in [3.8, 4) is 11.8 Å². The lowest BCUT2D eigenvalue weighted by molar-refractivity contribution is 0.203. The number of nitriles is 1. The first-order valence-corrected chi connectivity index (χ1v) is 6.25. The van der Waals surface area contributed by atoms with Crippen molar-refractivity contribution in [1.82, 2.24) is 4.90 Å². The first-order chi connectivity index (χ1) is 8.40. The van der Waals surface area contributed by atoms with Gasteiger partial charge in [0.25, 0.3) is 0 Å². The molecule has 0 saturated carbocycles. The molecule has 98 valence electrons. The molecule has 3 heteroatoms. The monoisotopic (exact) mass is 246 g/mol. The van der Waals surface area contributed by atoms with E-state index < -0.39 is 5.54 Å². The van der Waals surface area contributed by atoms with Crippen LogP contribution in [0.5, 0.6) is 5.75 Å². The molecule has 0 aromatic heterocycles. The van der Waals surface area contributed by atoms with Gasteiger partial charge in [-0.05, 0) is 51.9 Å². The summed E-state index contributed by atoms with van der Waals surface area (Å²) in [6, 6.07) is 8.49. The fraction of sp³-hybridized carbons (Fsp3) is 0.533. The third-order valence-corrected chi connectivity index (χ3v) is 3.19. The largest absolute Gasteiger partial charge is 0.494 e. The maximum Gasteiger partial charge on any atom is 0.122 e. The molecule has 0 saturated heterocycles. The fourth-order valence-electron chi connectivity index (χ4n) is 1.68. The minimum absolute atomic E-state index is 0.452. The summed E-state index contributed by atoms with van der Waals surface area (Å²) >= 11 is 0. The van der Waals surface area contributed by atoms with Crippen molar-refractivity contribution < 1.29 is 4.74 Å². The Hall–Kier alpha value is -1.53. The van der Waals surface area contributed by atoms with E-state index in [9.17, 15) is 0 Å². The van der Waals surface area contributed by atoms with Gasteiger partial charge in [0.1, 0.15) is 11.3 Å². The van der Waals surface area contributed by atoms with Crippen molar-refractivity contribution in [3.05, 3.63) is 29.3 Å². The summed E-state index contributed by atoms with van der Waals surface area (Å²) in [7, 11) is 1.97. The zero-order valence-corrected chi connectivity index (χ0v) is 11.9. The van der Waals surface area contributed by atoms with Gasteiger partial charge < -0.3 is 4.74 Å². The predicted octanol–water partition coefficient (Wildman–Crippen LogP) is 3.13. The Morgan fingerprint density at radius 3 is 2.56 bits per heavy atom. The van der Waals surface area contributed by atoms with Crippen LogP contribution in [0.15, 0.2) is 18.2 Å². The Morgan fingerprint density at radius 2 is 2.06 bits per heavy atom. The Morgan fingerprint density at radius 1 is 1.39 bits per heavy atom. The van der Waals surface area contributed by atoms with Crippen LogP contribution < -0.4 is 4.74 Å². The van der Waals surface area contributed by atoms with Crippen molar-refractivity contribution in [2.24, 2.45) is 0 Å². The number of ether oxygens (including phenoxy) is 1. The lowest BCUT2D eigenvalue weighted by atomic mass is 10.0. The zero-order valence-electron chi connectivity index (χ0n) is 11.9. The van der Waals surface area contributed by atoms with E-state index in [0.717, 1.165) is 17.9 Å². The number of nitrogens with zero attached hydrogens (tertiary/aromatic N) is 2. The lowest BCUT2D eigenvalue weighted by Crippen LogP contribution is -2.39. The predicted molar refractivity (Wildman–Crippen MR) is 73.5 cm³/mol. The second kappa shape index (κ2) is 5.88. The molecular formula is C15H22N2O. The topological polar surface area (TPSA) is 36.3 Å². The Bertz CT molecular complexity index is 446. The highest BCUT2D eigenvalue weighted by molar-refractivity contribution is 5.36. The molecule has 0 aliphatic rings. The van der Waals surface area contributed by atoms with Gasteiger partial charge in [-0.2, -0.15) is 5.26 Å². The molecule has 0 bridgehead atoms. The zero-order chi connectivity index (χ0) is 13.8. The molecule has 0 spiro atoms. The molecule has 0 aliphatic carbocycles. The summed E-state index contributed by atoms with van der Waals surface area (Å²) in [6.45, 7) is 9.32. The average Bonchev–Trinajstić information content (AvgIpc) is 2.32. The van der Waals surface area contributed by atoms with Crippen LogP contribution in [0.4, 0.5) is 0 Å². The van der Waals surface area contributed by atoms with E-state index in [1.807, 2.05) is 45.7 Å². The van der Waals surface area contributed by atoms with Gasteiger partial charge in [-0.15, -0.1) is 0 Å². The van der Waals surface area contributed by atoms with E-state index in [1.54, 1.807) is 0 Å². The van der Waals surface area contributed by atoms with Crippen molar-refractivity contribution in [3.63, 3.8) is 0 Å². The van der Waals surface area contributed by atoms with Crippen molar-refractivity contribution in [2.45, 2.75) is 39.8 Å². The molecule has 0 atom stereocenters. The van der Waals surface area contributed by atoms with Crippen LogP contribution in [0, 0.1) is 18.3 Å². The second-order valence-corrected chi connectivity index (χ2v) is 5.06. The van der Waals surface area contributed by atoms with Crippen molar-refractivity contribution >= 4 is 0 Å². The van der Waals surface area contributed by atoms with Crippen LogP contribution in [-0.2, 0) is 6.54 Å². The van der Waals surface area contributed by atoms with E-state index >= 15 is 0 Å². The molecule has 1 rings (SSSR count). The highest BCUT2D eigenvalue weighted by Gasteiger charge is 2.22. The Kier molecular flexibility index (Phi) is 4.75. The van der Waals surface area contributed by atoms with E-state index in [0.29, 0.717) is 6.61 Å².